The molecule has 0 saturated carbocycles. The van der Waals surface area contributed by atoms with Crippen LogP contribution >= 0.6 is 23.2 Å². The third kappa shape index (κ3) is 3.08. The molecule has 0 saturated heterocycles. The van der Waals surface area contributed by atoms with E-state index in [1.165, 1.54) is 19.2 Å². The maximum atomic E-state index is 10.8. The third-order valence-electron chi connectivity index (χ3n) is 1.15. The molecule has 0 aliphatic carbocycles. The smallest absolute Gasteiger partial charge is 0.410 e. The number of halogens is 2. The van der Waals surface area contributed by atoms with Gasteiger partial charge in [-0.1, -0.05) is 23.2 Å². The molecule has 1 aromatic rings. The predicted molar refractivity (Wildman–Crippen MR) is 49.3 cm³/mol. The number of aromatic nitrogens is 1. The van der Waals surface area contributed by atoms with Gasteiger partial charge < -0.3 is 10.1 Å². The van der Waals surface area contributed by atoms with Gasteiger partial charge in [0.25, 0.3) is 0 Å². The SMILES string of the molecule is CNC(=O)Oc1cc(Cl)nc(Cl)c1. The normalized spacial score (nSPS) is 9.46. The minimum atomic E-state index is -0.585. The highest BCUT2D eigenvalue weighted by Gasteiger charge is 2.04. The van der Waals surface area contributed by atoms with Gasteiger partial charge in [-0.3, -0.25) is 0 Å². The van der Waals surface area contributed by atoms with E-state index in [2.05, 4.69) is 10.3 Å². The Morgan fingerprint density at radius 3 is 2.46 bits per heavy atom. The highest BCUT2D eigenvalue weighted by atomic mass is 35.5. The van der Waals surface area contributed by atoms with E-state index < -0.39 is 6.09 Å². The van der Waals surface area contributed by atoms with E-state index in [1.807, 2.05) is 0 Å². The van der Waals surface area contributed by atoms with Gasteiger partial charge in [0.05, 0.1) is 0 Å². The molecule has 1 heterocycles. The van der Waals surface area contributed by atoms with Crippen LogP contribution in [0.2, 0.25) is 10.3 Å². The molecule has 0 aromatic carbocycles. The zero-order chi connectivity index (χ0) is 9.84. The summed E-state index contributed by atoms with van der Waals surface area (Å²) in [4.78, 5) is 14.5. The van der Waals surface area contributed by atoms with Gasteiger partial charge in [0.1, 0.15) is 16.1 Å². The molecule has 0 atom stereocenters. The zero-order valence-corrected chi connectivity index (χ0v) is 8.19. The fraction of sp³-hybridized carbons (Fsp3) is 0.143. The molecule has 70 valence electrons. The van der Waals surface area contributed by atoms with Gasteiger partial charge >= 0.3 is 6.09 Å². The number of pyridine rings is 1. The highest BCUT2D eigenvalue weighted by molar-refractivity contribution is 6.32. The van der Waals surface area contributed by atoms with Crippen molar-refractivity contribution in [1.29, 1.82) is 0 Å². The Labute approximate surface area is 84.8 Å². The number of carbonyl (C=O) groups excluding carboxylic acids is 1. The quantitative estimate of drug-likeness (QED) is 0.738. The second kappa shape index (κ2) is 4.30. The average molecular weight is 221 g/mol. The Morgan fingerprint density at radius 2 is 2.00 bits per heavy atom. The van der Waals surface area contributed by atoms with E-state index in [0.717, 1.165) is 0 Å². The number of carbonyl (C=O) groups is 1. The number of nitrogens with one attached hydrogen (secondary N) is 1. The first-order valence-corrected chi connectivity index (χ1v) is 4.10. The van der Waals surface area contributed by atoms with Crippen LogP contribution in [0.15, 0.2) is 12.1 Å². The Hall–Kier alpha value is -1.00. The third-order valence-corrected chi connectivity index (χ3v) is 1.54. The molecule has 1 N–H and O–H groups in total. The van der Waals surface area contributed by atoms with Crippen LogP contribution in [0.4, 0.5) is 4.79 Å². The standard InChI is InChI=1S/C7H6Cl2N2O2/c1-10-7(12)13-4-2-5(8)11-6(9)3-4/h2-3H,1H3,(H,10,12). The average Bonchev–Trinajstić information content (AvgIpc) is 2.02. The van der Waals surface area contributed by atoms with Gasteiger partial charge in [-0.15, -0.1) is 0 Å². The van der Waals surface area contributed by atoms with Crippen LogP contribution < -0.4 is 10.1 Å². The maximum Gasteiger partial charge on any atom is 0.412 e. The molecule has 6 heteroatoms. The first kappa shape index (κ1) is 10.1. The topological polar surface area (TPSA) is 51.2 Å². The fourth-order valence-corrected chi connectivity index (χ4v) is 1.10. The highest BCUT2D eigenvalue weighted by Crippen LogP contribution is 2.20. The summed E-state index contributed by atoms with van der Waals surface area (Å²) in [6.45, 7) is 0. The van der Waals surface area contributed by atoms with Crippen LogP contribution in [0.1, 0.15) is 0 Å². The lowest BCUT2D eigenvalue weighted by atomic mass is 10.4. The Bertz CT molecular complexity index is 310. The Morgan fingerprint density at radius 1 is 1.46 bits per heavy atom. The van der Waals surface area contributed by atoms with Crippen molar-refractivity contribution in [2.45, 2.75) is 0 Å². The van der Waals surface area contributed by atoms with Crippen molar-refractivity contribution in [1.82, 2.24) is 10.3 Å². The summed E-state index contributed by atoms with van der Waals surface area (Å²) in [6.07, 6.45) is -0.585. The van der Waals surface area contributed by atoms with Gasteiger partial charge in [-0.25, -0.2) is 9.78 Å². The van der Waals surface area contributed by atoms with Crippen molar-refractivity contribution in [3.63, 3.8) is 0 Å². The Kier molecular flexibility index (Phi) is 3.33. The van der Waals surface area contributed by atoms with Crippen molar-refractivity contribution < 1.29 is 9.53 Å². The van der Waals surface area contributed by atoms with E-state index >= 15 is 0 Å². The van der Waals surface area contributed by atoms with Crippen LogP contribution in [0.25, 0.3) is 0 Å². The molecule has 0 spiro atoms. The molecule has 0 radical (unpaired) electrons. The summed E-state index contributed by atoms with van der Waals surface area (Å²) in [7, 11) is 1.45. The minimum absolute atomic E-state index is 0.173. The molecular formula is C7H6Cl2N2O2. The summed E-state index contributed by atoms with van der Waals surface area (Å²) >= 11 is 11.1. The number of hydrogen-bond donors (Lipinski definition) is 1. The molecule has 1 aromatic heterocycles. The first-order chi connectivity index (χ1) is 6.11. The summed E-state index contributed by atoms with van der Waals surface area (Å²) in [5.74, 6) is 0.254. The molecule has 4 nitrogen and oxygen atoms in total. The van der Waals surface area contributed by atoms with E-state index in [1.54, 1.807) is 0 Å². The largest absolute Gasteiger partial charge is 0.412 e. The lowest BCUT2D eigenvalue weighted by molar-refractivity contribution is 0.203. The summed E-state index contributed by atoms with van der Waals surface area (Å²) in [5.41, 5.74) is 0. The van der Waals surface area contributed by atoms with Crippen molar-refractivity contribution >= 4 is 29.3 Å². The number of hydrogen-bond acceptors (Lipinski definition) is 3. The zero-order valence-electron chi connectivity index (χ0n) is 6.67. The molecule has 0 fully saturated rings. The molecule has 0 bridgehead atoms. The van der Waals surface area contributed by atoms with Gasteiger partial charge in [0.15, 0.2) is 0 Å². The van der Waals surface area contributed by atoms with Gasteiger partial charge in [0, 0.05) is 19.2 Å². The second-order valence-corrected chi connectivity index (χ2v) is 2.86. The summed E-state index contributed by atoms with van der Waals surface area (Å²) in [6, 6.07) is 2.78. The predicted octanol–water partition coefficient (Wildman–Crippen LogP) is 2.11. The van der Waals surface area contributed by atoms with Gasteiger partial charge in [-0.05, 0) is 0 Å². The van der Waals surface area contributed by atoms with Crippen molar-refractivity contribution in [2.75, 3.05) is 7.05 Å². The molecule has 0 aliphatic heterocycles. The van der Waals surface area contributed by atoms with Crippen molar-refractivity contribution in [3.05, 3.63) is 22.4 Å². The van der Waals surface area contributed by atoms with E-state index in [9.17, 15) is 4.79 Å². The van der Waals surface area contributed by atoms with Crippen LogP contribution in [-0.2, 0) is 0 Å². The van der Waals surface area contributed by atoms with Crippen molar-refractivity contribution in [3.8, 4) is 5.75 Å². The summed E-state index contributed by atoms with van der Waals surface area (Å²) in [5, 5.41) is 2.63. The maximum absolute atomic E-state index is 10.8. The van der Waals surface area contributed by atoms with E-state index in [0.29, 0.717) is 0 Å². The number of nitrogens with zero attached hydrogens (tertiary/aromatic N) is 1. The van der Waals surface area contributed by atoms with E-state index in [4.69, 9.17) is 27.9 Å². The molecule has 1 amide bonds. The summed E-state index contributed by atoms with van der Waals surface area (Å²) < 4.78 is 4.77. The molecule has 13 heavy (non-hydrogen) atoms. The monoisotopic (exact) mass is 220 g/mol. The minimum Gasteiger partial charge on any atom is -0.410 e. The molecule has 0 aliphatic rings. The number of ether oxygens (including phenoxy) is 1. The fourth-order valence-electron chi connectivity index (χ4n) is 0.660. The first-order valence-electron chi connectivity index (χ1n) is 3.34. The molecule has 1 rings (SSSR count). The van der Waals surface area contributed by atoms with Gasteiger partial charge in [0.2, 0.25) is 0 Å². The lowest BCUT2D eigenvalue weighted by Gasteiger charge is -2.03. The number of rotatable bonds is 1. The van der Waals surface area contributed by atoms with Crippen LogP contribution in [-0.4, -0.2) is 18.1 Å². The Balaban J connectivity index is 2.83. The van der Waals surface area contributed by atoms with Crippen LogP contribution in [0.5, 0.6) is 5.75 Å². The van der Waals surface area contributed by atoms with E-state index in [-0.39, 0.29) is 16.1 Å². The molecular weight excluding hydrogens is 215 g/mol. The number of amides is 1. The van der Waals surface area contributed by atoms with Crippen molar-refractivity contribution in [2.24, 2.45) is 0 Å². The van der Waals surface area contributed by atoms with Crippen LogP contribution in [0.3, 0.4) is 0 Å². The molecule has 0 unspecified atom stereocenters. The van der Waals surface area contributed by atoms with Gasteiger partial charge in [-0.2, -0.15) is 0 Å². The lowest BCUT2D eigenvalue weighted by Crippen LogP contribution is -2.22. The second-order valence-electron chi connectivity index (χ2n) is 2.09. The van der Waals surface area contributed by atoms with Crippen LogP contribution in [0, 0.1) is 0 Å².